The van der Waals surface area contributed by atoms with E-state index in [1.165, 1.54) is 0 Å². The van der Waals surface area contributed by atoms with Crippen LogP contribution in [0.5, 0.6) is 0 Å². The van der Waals surface area contributed by atoms with Gasteiger partial charge in [-0.2, -0.15) is 0 Å². The highest BCUT2D eigenvalue weighted by atomic mass is 16.3. The van der Waals surface area contributed by atoms with Gasteiger partial charge in [0.25, 0.3) is 5.91 Å². The normalized spacial score (nSPS) is 12.4. The van der Waals surface area contributed by atoms with Gasteiger partial charge in [0.05, 0.1) is 17.4 Å². The number of aliphatic hydroxyl groups excluding tert-OH is 1. The summed E-state index contributed by atoms with van der Waals surface area (Å²) in [5.41, 5.74) is 2.04. The predicted molar refractivity (Wildman–Crippen MR) is 85.8 cm³/mol. The van der Waals surface area contributed by atoms with Gasteiger partial charge in [-0.25, -0.2) is 9.97 Å². The Kier molecular flexibility index (Phi) is 4.38. The molecule has 1 aromatic carbocycles. The highest BCUT2D eigenvalue weighted by Gasteiger charge is 2.14. The molecule has 0 saturated carbocycles. The molecule has 3 rings (SSSR count). The molecule has 1 amide bonds. The molecule has 0 aliphatic rings. The molecule has 3 aromatic rings. The van der Waals surface area contributed by atoms with E-state index >= 15 is 0 Å². The van der Waals surface area contributed by atoms with Gasteiger partial charge in [0, 0.05) is 30.5 Å². The van der Waals surface area contributed by atoms with Crippen LogP contribution in [0.2, 0.25) is 0 Å². The van der Waals surface area contributed by atoms with Gasteiger partial charge in [0.2, 0.25) is 0 Å². The van der Waals surface area contributed by atoms with Crippen molar-refractivity contribution in [1.82, 2.24) is 24.8 Å². The van der Waals surface area contributed by atoms with Gasteiger partial charge < -0.3 is 20.0 Å². The number of nitrogens with one attached hydrogen (secondary N) is 2. The summed E-state index contributed by atoms with van der Waals surface area (Å²) in [6.07, 6.45) is 6.16. The van der Waals surface area contributed by atoms with Crippen molar-refractivity contribution < 1.29 is 9.90 Å². The molecular weight excluding hydrogens is 294 g/mol. The van der Waals surface area contributed by atoms with Crippen molar-refractivity contribution >= 4 is 16.9 Å². The summed E-state index contributed by atoms with van der Waals surface area (Å²) < 4.78 is 1.94. The fourth-order valence-electron chi connectivity index (χ4n) is 2.47. The average molecular weight is 313 g/mol. The van der Waals surface area contributed by atoms with Crippen LogP contribution >= 0.6 is 0 Å². The van der Waals surface area contributed by atoms with Gasteiger partial charge in [-0.3, -0.25) is 4.79 Å². The Hall–Kier alpha value is -2.67. The number of hydrogen-bond donors (Lipinski definition) is 3. The number of carbonyl (C=O) groups is 1. The van der Waals surface area contributed by atoms with Crippen molar-refractivity contribution in [2.45, 2.75) is 32.5 Å². The van der Waals surface area contributed by atoms with Crippen molar-refractivity contribution in [1.29, 1.82) is 0 Å². The lowest BCUT2D eigenvalue weighted by Gasteiger charge is -2.17. The summed E-state index contributed by atoms with van der Waals surface area (Å²) in [5, 5.41) is 12.1. The second-order valence-electron chi connectivity index (χ2n) is 5.41. The van der Waals surface area contributed by atoms with Crippen LogP contribution in [0.4, 0.5) is 0 Å². The molecule has 0 radical (unpaired) electrons. The van der Waals surface area contributed by atoms with E-state index in [0.29, 0.717) is 17.9 Å². The van der Waals surface area contributed by atoms with Gasteiger partial charge in [-0.15, -0.1) is 0 Å². The lowest BCUT2D eigenvalue weighted by atomic mass is 10.1. The quantitative estimate of drug-likeness (QED) is 0.642. The van der Waals surface area contributed by atoms with Crippen LogP contribution < -0.4 is 5.32 Å². The Morgan fingerprint density at radius 3 is 3.04 bits per heavy atom. The Labute approximate surface area is 133 Å². The number of amides is 1. The molecule has 1 atom stereocenters. The zero-order valence-electron chi connectivity index (χ0n) is 12.9. The zero-order valence-corrected chi connectivity index (χ0v) is 12.9. The summed E-state index contributed by atoms with van der Waals surface area (Å²) in [6, 6.07) is 5.29. The third-order valence-corrected chi connectivity index (χ3v) is 3.76. The number of carbonyl (C=O) groups excluding carboxylic acids is 1. The lowest BCUT2D eigenvalue weighted by Crippen LogP contribution is -2.37. The number of aromatic amines is 1. The number of aliphatic hydroxyl groups is 1. The van der Waals surface area contributed by atoms with Crippen molar-refractivity contribution in [3.63, 3.8) is 0 Å². The molecule has 23 heavy (non-hydrogen) atoms. The van der Waals surface area contributed by atoms with E-state index in [2.05, 4.69) is 20.3 Å². The highest BCUT2D eigenvalue weighted by molar-refractivity contribution is 5.97. The largest absolute Gasteiger partial charge is 0.388 e. The van der Waals surface area contributed by atoms with Crippen LogP contribution in [-0.4, -0.2) is 36.6 Å². The van der Waals surface area contributed by atoms with Gasteiger partial charge in [-0.05, 0) is 24.6 Å². The van der Waals surface area contributed by atoms with Crippen molar-refractivity contribution in [2.75, 3.05) is 0 Å². The molecule has 3 N–H and O–H groups in total. The number of H-pyrrole nitrogens is 1. The summed E-state index contributed by atoms with van der Waals surface area (Å²) in [4.78, 5) is 23.7. The van der Waals surface area contributed by atoms with E-state index < -0.39 is 0 Å². The van der Waals surface area contributed by atoms with Crippen LogP contribution in [0.15, 0.2) is 36.9 Å². The summed E-state index contributed by atoms with van der Waals surface area (Å²) in [7, 11) is 0. The molecule has 2 aromatic heterocycles. The van der Waals surface area contributed by atoms with Gasteiger partial charge in [-0.1, -0.05) is 6.92 Å². The van der Waals surface area contributed by atoms with Gasteiger partial charge in [0.1, 0.15) is 12.4 Å². The van der Waals surface area contributed by atoms with E-state index in [-0.39, 0.29) is 18.6 Å². The van der Waals surface area contributed by atoms with E-state index in [1.807, 2.05) is 17.7 Å². The monoisotopic (exact) mass is 313 g/mol. The predicted octanol–water partition coefficient (Wildman–Crippen LogP) is 1.46. The van der Waals surface area contributed by atoms with Gasteiger partial charge in [0.15, 0.2) is 0 Å². The van der Waals surface area contributed by atoms with E-state index in [9.17, 15) is 4.79 Å². The number of hydrogen-bond acceptors (Lipinski definition) is 4. The van der Waals surface area contributed by atoms with E-state index in [0.717, 1.165) is 17.5 Å². The van der Waals surface area contributed by atoms with Crippen LogP contribution in [0.3, 0.4) is 0 Å². The molecule has 120 valence electrons. The molecule has 0 aliphatic carbocycles. The van der Waals surface area contributed by atoms with Crippen molar-refractivity contribution in [2.24, 2.45) is 0 Å². The molecule has 0 bridgehead atoms. The van der Waals surface area contributed by atoms with Crippen molar-refractivity contribution in [3.8, 4) is 0 Å². The molecular formula is C16H19N5O2. The van der Waals surface area contributed by atoms with Crippen LogP contribution in [-0.2, 0) is 13.2 Å². The smallest absolute Gasteiger partial charge is 0.251 e. The Morgan fingerprint density at radius 2 is 2.35 bits per heavy atom. The SMILES string of the molecule is CCC(Cn1ccnc1)NC(=O)c1ccc2nc(CO)[nH]c2c1. The zero-order chi connectivity index (χ0) is 16.2. The molecule has 7 nitrogen and oxygen atoms in total. The molecule has 0 aliphatic heterocycles. The Morgan fingerprint density at radius 1 is 1.48 bits per heavy atom. The third-order valence-electron chi connectivity index (χ3n) is 3.76. The molecule has 7 heteroatoms. The number of rotatable bonds is 6. The van der Waals surface area contributed by atoms with Crippen LogP contribution in [0.25, 0.3) is 11.0 Å². The van der Waals surface area contributed by atoms with Crippen LogP contribution in [0, 0.1) is 0 Å². The maximum absolute atomic E-state index is 12.4. The van der Waals surface area contributed by atoms with E-state index in [1.54, 1.807) is 30.7 Å². The second kappa shape index (κ2) is 6.62. The minimum Gasteiger partial charge on any atom is -0.388 e. The average Bonchev–Trinajstić information content (AvgIpc) is 3.21. The number of nitrogens with zero attached hydrogens (tertiary/aromatic N) is 3. The second-order valence-corrected chi connectivity index (χ2v) is 5.41. The fourth-order valence-corrected chi connectivity index (χ4v) is 2.47. The first kappa shape index (κ1) is 15.2. The number of aromatic nitrogens is 4. The maximum atomic E-state index is 12.4. The summed E-state index contributed by atoms with van der Waals surface area (Å²) in [5.74, 6) is 0.364. The maximum Gasteiger partial charge on any atom is 0.251 e. The fraction of sp³-hybridized carbons (Fsp3) is 0.312. The first-order valence-electron chi connectivity index (χ1n) is 7.55. The van der Waals surface area contributed by atoms with E-state index in [4.69, 9.17) is 5.11 Å². The van der Waals surface area contributed by atoms with Crippen molar-refractivity contribution in [3.05, 3.63) is 48.3 Å². The molecule has 0 spiro atoms. The minimum absolute atomic E-state index is 0.0298. The van der Waals surface area contributed by atoms with Gasteiger partial charge >= 0.3 is 0 Å². The number of fused-ring (bicyclic) bond motifs is 1. The molecule has 2 heterocycles. The number of imidazole rings is 2. The standard InChI is InChI=1S/C16H19N5O2/c1-2-12(8-21-6-5-17-10-21)18-16(23)11-3-4-13-14(7-11)20-15(9-22)19-13/h3-7,10,12,22H,2,8-9H2,1H3,(H,18,23)(H,19,20). The first-order valence-corrected chi connectivity index (χ1v) is 7.55. The Bertz CT molecular complexity index is 794. The Balaban J connectivity index is 1.73. The molecule has 0 fully saturated rings. The summed E-state index contributed by atoms with van der Waals surface area (Å²) >= 11 is 0. The highest BCUT2D eigenvalue weighted by Crippen LogP contribution is 2.14. The minimum atomic E-state index is -0.154. The summed E-state index contributed by atoms with van der Waals surface area (Å²) in [6.45, 7) is 2.57. The third kappa shape index (κ3) is 3.40. The van der Waals surface area contributed by atoms with Crippen LogP contribution in [0.1, 0.15) is 29.5 Å². The molecule has 0 saturated heterocycles. The lowest BCUT2D eigenvalue weighted by molar-refractivity contribution is 0.0932. The topological polar surface area (TPSA) is 95.8 Å². The number of benzene rings is 1. The first-order chi connectivity index (χ1) is 11.2. The molecule has 1 unspecified atom stereocenters.